The lowest BCUT2D eigenvalue weighted by Gasteiger charge is -2.28. The third-order valence-corrected chi connectivity index (χ3v) is 6.56. The average Bonchev–Trinajstić information content (AvgIpc) is 3.30. The quantitative estimate of drug-likeness (QED) is 0.577. The highest BCUT2D eigenvalue weighted by molar-refractivity contribution is 7.18. The Morgan fingerprint density at radius 2 is 1.69 bits per heavy atom. The molecular weight excluding hydrogens is 422 g/mol. The molecule has 0 spiro atoms. The van der Waals surface area contributed by atoms with Crippen LogP contribution in [-0.2, 0) is 16.1 Å². The Hall–Kier alpha value is -3.16. The van der Waals surface area contributed by atoms with E-state index in [-0.39, 0.29) is 11.8 Å². The zero-order chi connectivity index (χ0) is 22.3. The summed E-state index contributed by atoms with van der Waals surface area (Å²) in [5.74, 6) is -0.454. The van der Waals surface area contributed by atoms with Crippen molar-refractivity contribution in [3.63, 3.8) is 0 Å². The van der Waals surface area contributed by atoms with Crippen LogP contribution in [0.5, 0.6) is 0 Å². The molecule has 1 aliphatic heterocycles. The first kappa shape index (κ1) is 22.0. The van der Waals surface area contributed by atoms with Crippen LogP contribution in [0.3, 0.4) is 0 Å². The van der Waals surface area contributed by atoms with Crippen LogP contribution < -0.4 is 15.5 Å². The molecule has 0 aliphatic carbocycles. The Bertz CT molecular complexity index is 1050. The topological polar surface area (TPSA) is 70.7 Å². The number of amides is 2. The van der Waals surface area contributed by atoms with Gasteiger partial charge in [-0.1, -0.05) is 60.7 Å². The molecule has 1 atom stereocenters. The van der Waals surface area contributed by atoms with E-state index in [0.29, 0.717) is 24.6 Å². The number of ether oxygens (including phenoxy) is 1. The molecule has 4 rings (SSSR count). The molecule has 2 N–H and O–H groups in total. The Kier molecular flexibility index (Phi) is 7.19. The van der Waals surface area contributed by atoms with Gasteiger partial charge in [0.1, 0.15) is 6.04 Å². The standard InChI is InChI=1S/C25H27N3O3S/c1-18(23(29)26-17-19-8-4-2-5-9-19)27-24(30)22-16-21(20-10-6-3-7-11-20)25(32-22)28-12-14-31-15-13-28/h2-11,16,18H,12-15,17H2,1H3,(H,26,29)(H,27,30). The van der Waals surface area contributed by atoms with Crippen molar-refractivity contribution >= 4 is 28.2 Å². The smallest absolute Gasteiger partial charge is 0.262 e. The third-order valence-electron chi connectivity index (χ3n) is 5.37. The molecule has 2 aromatic carbocycles. The van der Waals surface area contributed by atoms with Crippen LogP contribution in [0.25, 0.3) is 11.1 Å². The summed E-state index contributed by atoms with van der Waals surface area (Å²) in [5.41, 5.74) is 3.11. The average molecular weight is 450 g/mol. The van der Waals surface area contributed by atoms with Gasteiger partial charge in [0.05, 0.1) is 23.1 Å². The fraction of sp³-hybridized carbons (Fsp3) is 0.280. The predicted octanol–water partition coefficient (Wildman–Crippen LogP) is 3.69. The van der Waals surface area contributed by atoms with Crippen LogP contribution in [0.2, 0.25) is 0 Å². The molecule has 1 aliphatic rings. The number of rotatable bonds is 7. The second kappa shape index (κ2) is 10.4. The predicted molar refractivity (Wildman–Crippen MR) is 128 cm³/mol. The van der Waals surface area contributed by atoms with Crippen molar-refractivity contribution in [1.82, 2.24) is 10.6 Å². The SMILES string of the molecule is CC(NC(=O)c1cc(-c2ccccc2)c(N2CCOCC2)s1)C(=O)NCc1ccccc1. The Morgan fingerprint density at radius 1 is 1.03 bits per heavy atom. The first-order valence-corrected chi connectivity index (χ1v) is 11.6. The summed E-state index contributed by atoms with van der Waals surface area (Å²) in [6.45, 7) is 5.06. The zero-order valence-corrected chi connectivity index (χ0v) is 18.9. The largest absolute Gasteiger partial charge is 0.378 e. The van der Waals surface area contributed by atoms with Gasteiger partial charge in [-0.15, -0.1) is 11.3 Å². The number of morpholine rings is 1. The van der Waals surface area contributed by atoms with Gasteiger partial charge in [-0.2, -0.15) is 0 Å². The molecule has 1 fully saturated rings. The van der Waals surface area contributed by atoms with Crippen molar-refractivity contribution in [2.45, 2.75) is 19.5 Å². The maximum atomic E-state index is 13.0. The minimum Gasteiger partial charge on any atom is -0.378 e. The van der Waals surface area contributed by atoms with Gasteiger partial charge in [-0.3, -0.25) is 9.59 Å². The van der Waals surface area contributed by atoms with E-state index in [2.05, 4.69) is 15.5 Å². The molecule has 6 nitrogen and oxygen atoms in total. The van der Waals surface area contributed by atoms with Gasteiger partial charge in [-0.25, -0.2) is 0 Å². The Morgan fingerprint density at radius 3 is 2.38 bits per heavy atom. The van der Waals surface area contributed by atoms with E-state index < -0.39 is 6.04 Å². The fourth-order valence-electron chi connectivity index (χ4n) is 3.59. The molecule has 0 bridgehead atoms. The maximum Gasteiger partial charge on any atom is 0.262 e. The highest BCUT2D eigenvalue weighted by atomic mass is 32.1. The summed E-state index contributed by atoms with van der Waals surface area (Å²) in [5, 5.41) is 6.78. The number of carbonyl (C=O) groups excluding carboxylic acids is 2. The third kappa shape index (κ3) is 5.36. The molecule has 2 amide bonds. The van der Waals surface area contributed by atoms with Crippen molar-refractivity contribution in [3.05, 3.63) is 77.2 Å². The molecule has 3 aromatic rings. The Labute approximate surface area is 192 Å². The summed E-state index contributed by atoms with van der Waals surface area (Å²) >= 11 is 1.46. The van der Waals surface area contributed by atoms with Gasteiger partial charge in [-0.05, 0) is 24.1 Å². The Balaban J connectivity index is 1.46. The van der Waals surface area contributed by atoms with Crippen molar-refractivity contribution in [3.8, 4) is 11.1 Å². The number of nitrogens with one attached hydrogen (secondary N) is 2. The van der Waals surface area contributed by atoms with Gasteiger partial charge in [0.15, 0.2) is 0 Å². The maximum absolute atomic E-state index is 13.0. The second-order valence-electron chi connectivity index (χ2n) is 7.69. The van der Waals surface area contributed by atoms with E-state index in [1.807, 2.05) is 66.7 Å². The first-order chi connectivity index (χ1) is 15.6. The lowest BCUT2D eigenvalue weighted by Crippen LogP contribution is -2.44. The minimum atomic E-state index is -0.639. The van der Waals surface area contributed by atoms with Crippen LogP contribution in [-0.4, -0.2) is 44.2 Å². The molecule has 0 radical (unpaired) electrons. The molecule has 0 saturated carbocycles. The number of anilines is 1. The van der Waals surface area contributed by atoms with Crippen molar-refractivity contribution in [2.24, 2.45) is 0 Å². The molecule has 2 heterocycles. The van der Waals surface area contributed by atoms with Crippen molar-refractivity contribution < 1.29 is 14.3 Å². The van der Waals surface area contributed by atoms with Crippen molar-refractivity contribution in [1.29, 1.82) is 0 Å². The molecule has 1 saturated heterocycles. The fourth-order valence-corrected chi connectivity index (χ4v) is 4.73. The minimum absolute atomic E-state index is 0.213. The van der Waals surface area contributed by atoms with Crippen LogP contribution in [0.4, 0.5) is 5.00 Å². The highest BCUT2D eigenvalue weighted by Crippen LogP contribution is 2.39. The summed E-state index contributed by atoms with van der Waals surface area (Å²) in [7, 11) is 0. The lowest BCUT2D eigenvalue weighted by molar-refractivity contribution is -0.122. The van der Waals surface area contributed by atoms with E-state index in [1.54, 1.807) is 6.92 Å². The van der Waals surface area contributed by atoms with Crippen molar-refractivity contribution in [2.75, 3.05) is 31.2 Å². The van der Waals surface area contributed by atoms with Gasteiger partial charge in [0.25, 0.3) is 5.91 Å². The number of hydrogen-bond donors (Lipinski definition) is 2. The van der Waals surface area contributed by atoms with Crippen LogP contribution in [0.1, 0.15) is 22.2 Å². The monoisotopic (exact) mass is 449 g/mol. The van der Waals surface area contributed by atoms with E-state index in [4.69, 9.17) is 4.74 Å². The number of benzene rings is 2. The molecular formula is C25H27N3O3S. The highest BCUT2D eigenvalue weighted by Gasteiger charge is 2.23. The molecule has 166 valence electrons. The van der Waals surface area contributed by atoms with Gasteiger partial charge in [0.2, 0.25) is 5.91 Å². The summed E-state index contributed by atoms with van der Waals surface area (Å²) in [6.07, 6.45) is 0. The van der Waals surface area contributed by atoms with Gasteiger partial charge < -0.3 is 20.3 Å². The molecule has 7 heteroatoms. The van der Waals surface area contributed by atoms with Crippen LogP contribution in [0.15, 0.2) is 66.7 Å². The number of nitrogens with zero attached hydrogens (tertiary/aromatic N) is 1. The van der Waals surface area contributed by atoms with E-state index in [9.17, 15) is 9.59 Å². The number of hydrogen-bond acceptors (Lipinski definition) is 5. The molecule has 32 heavy (non-hydrogen) atoms. The lowest BCUT2D eigenvalue weighted by atomic mass is 10.1. The second-order valence-corrected chi connectivity index (χ2v) is 8.72. The van der Waals surface area contributed by atoms with E-state index in [0.717, 1.165) is 34.8 Å². The first-order valence-electron chi connectivity index (χ1n) is 10.8. The van der Waals surface area contributed by atoms with Gasteiger partial charge >= 0.3 is 0 Å². The van der Waals surface area contributed by atoms with Crippen LogP contribution in [0, 0.1) is 0 Å². The summed E-state index contributed by atoms with van der Waals surface area (Å²) in [4.78, 5) is 28.3. The molecule has 1 aromatic heterocycles. The number of carbonyl (C=O) groups is 2. The van der Waals surface area contributed by atoms with Crippen LogP contribution >= 0.6 is 11.3 Å². The normalized spacial score (nSPS) is 14.6. The van der Waals surface area contributed by atoms with Gasteiger partial charge in [0, 0.05) is 25.2 Å². The molecule has 1 unspecified atom stereocenters. The zero-order valence-electron chi connectivity index (χ0n) is 18.0. The van der Waals surface area contributed by atoms with E-state index >= 15 is 0 Å². The summed E-state index contributed by atoms with van der Waals surface area (Å²) < 4.78 is 5.49. The van der Waals surface area contributed by atoms with E-state index in [1.165, 1.54) is 11.3 Å². The summed E-state index contributed by atoms with van der Waals surface area (Å²) in [6, 6.07) is 21.1. The number of thiophene rings is 1.